The molecule has 1 rings (SSSR count). The predicted octanol–water partition coefficient (Wildman–Crippen LogP) is 3.19. The largest absolute Gasteiger partial charge is 0.573 e. The van der Waals surface area contributed by atoms with Gasteiger partial charge < -0.3 is 15.0 Å². The Labute approximate surface area is 117 Å². The zero-order chi connectivity index (χ0) is 15.2. The Balaban J connectivity index is 2.82. The Kier molecular flexibility index (Phi) is 6.29. The highest BCUT2D eigenvalue weighted by Gasteiger charge is 2.31. The molecular weight excluding hydrogens is 269 g/mol. The fraction of sp³-hybridized carbons (Fsp3) is 0.571. The van der Waals surface area contributed by atoms with Crippen LogP contribution >= 0.6 is 0 Å². The van der Waals surface area contributed by atoms with Gasteiger partial charge in [-0.1, -0.05) is 19.1 Å². The number of hydrogen-bond donors (Lipinski definition) is 1. The molecule has 6 heteroatoms. The summed E-state index contributed by atoms with van der Waals surface area (Å²) in [5, 5.41) is 3.28. The van der Waals surface area contributed by atoms with Crippen molar-refractivity contribution in [3.8, 4) is 5.75 Å². The quantitative estimate of drug-likeness (QED) is 0.834. The summed E-state index contributed by atoms with van der Waals surface area (Å²) in [6.45, 7) is 3.57. The van der Waals surface area contributed by atoms with Crippen molar-refractivity contribution in [2.24, 2.45) is 0 Å². The number of benzene rings is 1. The third kappa shape index (κ3) is 6.25. The fourth-order valence-corrected chi connectivity index (χ4v) is 1.95. The molecule has 1 unspecified atom stereocenters. The number of halogens is 3. The summed E-state index contributed by atoms with van der Waals surface area (Å²) in [4.78, 5) is 2.04. The van der Waals surface area contributed by atoms with Crippen LogP contribution in [0.2, 0.25) is 0 Å². The van der Waals surface area contributed by atoms with Crippen LogP contribution in [0.3, 0.4) is 0 Å². The lowest BCUT2D eigenvalue weighted by Gasteiger charge is -2.21. The predicted molar refractivity (Wildman–Crippen MR) is 72.7 cm³/mol. The van der Waals surface area contributed by atoms with E-state index in [1.165, 1.54) is 12.1 Å². The highest BCUT2D eigenvalue weighted by atomic mass is 19.4. The summed E-state index contributed by atoms with van der Waals surface area (Å²) in [6, 6.07) is 6.16. The first kappa shape index (κ1) is 16.8. The molecule has 0 bridgehead atoms. The van der Waals surface area contributed by atoms with Gasteiger partial charge in [-0.3, -0.25) is 0 Å². The van der Waals surface area contributed by atoms with Gasteiger partial charge in [0, 0.05) is 6.04 Å². The first-order valence-electron chi connectivity index (χ1n) is 6.55. The Morgan fingerprint density at radius 3 is 2.55 bits per heavy atom. The normalized spacial score (nSPS) is 13.6. The van der Waals surface area contributed by atoms with E-state index in [0.29, 0.717) is 0 Å². The smallest absolute Gasteiger partial charge is 0.406 e. The molecule has 3 nitrogen and oxygen atoms in total. The van der Waals surface area contributed by atoms with Gasteiger partial charge in [0.2, 0.25) is 0 Å². The van der Waals surface area contributed by atoms with Gasteiger partial charge in [-0.05, 0) is 51.3 Å². The Morgan fingerprint density at radius 2 is 2.00 bits per heavy atom. The van der Waals surface area contributed by atoms with Crippen molar-refractivity contribution < 1.29 is 17.9 Å². The zero-order valence-electron chi connectivity index (χ0n) is 12.0. The van der Waals surface area contributed by atoms with Crippen LogP contribution in [-0.2, 0) is 0 Å². The third-order valence-corrected chi connectivity index (χ3v) is 2.81. The van der Waals surface area contributed by atoms with Crippen LogP contribution < -0.4 is 10.1 Å². The van der Waals surface area contributed by atoms with Gasteiger partial charge in [0.15, 0.2) is 0 Å². The lowest BCUT2D eigenvalue weighted by molar-refractivity contribution is -0.274. The van der Waals surface area contributed by atoms with Crippen molar-refractivity contribution in [2.45, 2.75) is 25.7 Å². The van der Waals surface area contributed by atoms with Gasteiger partial charge in [-0.2, -0.15) is 0 Å². The molecule has 0 radical (unpaired) electrons. The van der Waals surface area contributed by atoms with Gasteiger partial charge in [0.1, 0.15) is 5.75 Å². The first-order chi connectivity index (χ1) is 9.31. The molecule has 0 aromatic heterocycles. The van der Waals surface area contributed by atoms with Crippen molar-refractivity contribution in [3.05, 3.63) is 29.8 Å². The van der Waals surface area contributed by atoms with Crippen molar-refractivity contribution in [1.82, 2.24) is 10.2 Å². The second-order valence-corrected chi connectivity index (χ2v) is 4.82. The van der Waals surface area contributed by atoms with Crippen LogP contribution in [0.15, 0.2) is 24.3 Å². The molecule has 114 valence electrons. The average molecular weight is 290 g/mol. The SMILES string of the molecule is CCNC(CCN(C)C)c1cccc(OC(F)(F)F)c1. The third-order valence-electron chi connectivity index (χ3n) is 2.81. The van der Waals surface area contributed by atoms with Gasteiger partial charge in [-0.25, -0.2) is 0 Å². The number of rotatable bonds is 7. The van der Waals surface area contributed by atoms with E-state index in [1.54, 1.807) is 6.07 Å². The maximum Gasteiger partial charge on any atom is 0.573 e. The fourth-order valence-electron chi connectivity index (χ4n) is 1.95. The van der Waals surface area contributed by atoms with Crippen LogP contribution in [0.1, 0.15) is 24.9 Å². The summed E-state index contributed by atoms with van der Waals surface area (Å²) in [5.74, 6) is -0.178. The van der Waals surface area contributed by atoms with Crippen LogP contribution in [0.4, 0.5) is 13.2 Å². The second kappa shape index (κ2) is 7.50. The molecule has 0 spiro atoms. The highest BCUT2D eigenvalue weighted by molar-refractivity contribution is 5.30. The maximum absolute atomic E-state index is 12.2. The molecule has 0 aliphatic carbocycles. The molecule has 0 amide bonds. The monoisotopic (exact) mass is 290 g/mol. The van der Waals surface area contributed by atoms with Crippen LogP contribution in [0.5, 0.6) is 5.75 Å². The second-order valence-electron chi connectivity index (χ2n) is 4.82. The minimum atomic E-state index is -4.66. The van der Waals surface area contributed by atoms with Crippen molar-refractivity contribution >= 4 is 0 Å². The first-order valence-corrected chi connectivity index (χ1v) is 6.55. The summed E-state index contributed by atoms with van der Waals surface area (Å²) in [6.07, 6.45) is -3.84. The number of alkyl halides is 3. The Hall–Kier alpha value is -1.27. The Bertz CT molecular complexity index is 408. The topological polar surface area (TPSA) is 24.5 Å². The number of hydrogen-bond acceptors (Lipinski definition) is 3. The molecular formula is C14H21F3N2O. The molecule has 1 aromatic rings. The molecule has 0 fully saturated rings. The minimum absolute atomic E-state index is 0.0131. The van der Waals surface area contributed by atoms with E-state index in [-0.39, 0.29) is 11.8 Å². The standard InChI is InChI=1S/C14H21F3N2O/c1-4-18-13(8-9-19(2)3)11-6-5-7-12(10-11)20-14(15,16)17/h5-7,10,13,18H,4,8-9H2,1-3H3. The van der Waals surface area contributed by atoms with E-state index in [4.69, 9.17) is 0 Å². The summed E-state index contributed by atoms with van der Waals surface area (Å²) >= 11 is 0. The van der Waals surface area contributed by atoms with Gasteiger partial charge in [-0.15, -0.1) is 13.2 Å². The average Bonchev–Trinajstić information content (AvgIpc) is 2.32. The van der Waals surface area contributed by atoms with E-state index in [0.717, 1.165) is 25.1 Å². The van der Waals surface area contributed by atoms with Crippen LogP contribution in [0, 0.1) is 0 Å². The van der Waals surface area contributed by atoms with Crippen molar-refractivity contribution in [2.75, 3.05) is 27.2 Å². The van der Waals surface area contributed by atoms with Crippen molar-refractivity contribution in [1.29, 1.82) is 0 Å². The lowest BCUT2D eigenvalue weighted by Crippen LogP contribution is -2.25. The molecule has 0 aliphatic heterocycles. The van der Waals surface area contributed by atoms with Crippen LogP contribution in [-0.4, -0.2) is 38.4 Å². The highest BCUT2D eigenvalue weighted by Crippen LogP contribution is 2.26. The van der Waals surface area contributed by atoms with E-state index in [1.807, 2.05) is 32.0 Å². The van der Waals surface area contributed by atoms with E-state index in [9.17, 15) is 13.2 Å². The van der Waals surface area contributed by atoms with E-state index >= 15 is 0 Å². The van der Waals surface area contributed by atoms with Gasteiger partial charge in [0.25, 0.3) is 0 Å². The molecule has 0 aliphatic rings. The van der Waals surface area contributed by atoms with E-state index < -0.39 is 6.36 Å². The molecule has 1 N–H and O–H groups in total. The molecule has 20 heavy (non-hydrogen) atoms. The van der Waals surface area contributed by atoms with Gasteiger partial charge in [0.05, 0.1) is 0 Å². The Morgan fingerprint density at radius 1 is 1.30 bits per heavy atom. The molecule has 0 saturated heterocycles. The summed E-state index contributed by atoms with van der Waals surface area (Å²) in [7, 11) is 3.93. The minimum Gasteiger partial charge on any atom is -0.406 e. The van der Waals surface area contributed by atoms with Crippen molar-refractivity contribution in [3.63, 3.8) is 0 Å². The molecule has 0 heterocycles. The summed E-state index contributed by atoms with van der Waals surface area (Å²) in [5.41, 5.74) is 0.801. The maximum atomic E-state index is 12.2. The lowest BCUT2D eigenvalue weighted by atomic mass is 10.0. The molecule has 1 aromatic carbocycles. The van der Waals surface area contributed by atoms with Crippen LogP contribution in [0.25, 0.3) is 0 Å². The number of ether oxygens (including phenoxy) is 1. The van der Waals surface area contributed by atoms with E-state index in [2.05, 4.69) is 10.1 Å². The molecule has 0 saturated carbocycles. The zero-order valence-corrected chi connectivity index (χ0v) is 12.0. The molecule has 1 atom stereocenters. The summed E-state index contributed by atoms with van der Waals surface area (Å²) < 4.78 is 40.7. The number of nitrogens with one attached hydrogen (secondary N) is 1. The number of nitrogens with zero attached hydrogens (tertiary/aromatic N) is 1. The van der Waals surface area contributed by atoms with Gasteiger partial charge >= 0.3 is 6.36 Å².